The second-order valence-electron chi connectivity index (χ2n) is 17.2. The van der Waals surface area contributed by atoms with E-state index >= 15 is 0 Å². The third kappa shape index (κ3) is 11.9. The summed E-state index contributed by atoms with van der Waals surface area (Å²) in [6.07, 6.45) is -3.16. The third-order valence-electron chi connectivity index (χ3n) is 12.1. The number of ketones is 1. The Morgan fingerprint density at radius 3 is 1.85 bits per heavy atom. The van der Waals surface area contributed by atoms with Crippen LogP contribution in [-0.2, 0) is 49.5 Å². The number of nitrogens with zero attached hydrogens (tertiary/aromatic N) is 1. The molecule has 0 aliphatic carbocycles. The molecule has 6 aromatic carbocycles. The average Bonchev–Trinajstić information content (AvgIpc) is 3.70. The number of hydrogen-bond donors (Lipinski definition) is 1. The molecule has 0 bridgehead atoms. The number of ether oxygens (including phenoxy) is 6. The number of esters is 4. The summed E-state index contributed by atoms with van der Waals surface area (Å²) >= 11 is 0. The van der Waals surface area contributed by atoms with Gasteiger partial charge in [0.1, 0.15) is 37.0 Å². The van der Waals surface area contributed by atoms with Crippen LogP contribution in [-0.4, -0.2) is 72.8 Å². The fourth-order valence-corrected chi connectivity index (χ4v) is 8.87. The van der Waals surface area contributed by atoms with Crippen molar-refractivity contribution in [2.45, 2.75) is 76.9 Å². The Balaban J connectivity index is 1.18. The molecule has 2 aliphatic rings. The first-order valence-electron chi connectivity index (χ1n) is 23.2. The Kier molecular flexibility index (Phi) is 15.6. The molecule has 7 atom stereocenters. The SMILES string of the molecule is CC(=O)OC[C@H]1OC(c2ccc(-c3ccc([C@@H]4[C@H](/C=C/C(=O)c5ccc(F)cc5)NC(=O)N4c4ccc(-c5ccccc5)cc4)c(OCc4ccccc4)c3)cc2)[C@H](OC(C)=O)[C@@H](OC(C)=O)[C@@H]1OC(C)=O. The summed E-state index contributed by atoms with van der Waals surface area (Å²) in [4.78, 5) is 78.5. The molecule has 2 amide bonds. The topological polar surface area (TPSA) is 173 Å². The lowest BCUT2D eigenvalue weighted by molar-refractivity contribution is -0.254. The van der Waals surface area contributed by atoms with E-state index < -0.39 is 78.3 Å². The molecule has 14 nitrogen and oxygen atoms in total. The van der Waals surface area contributed by atoms with E-state index in [4.69, 9.17) is 28.4 Å². The van der Waals surface area contributed by atoms with Crippen LogP contribution in [0.1, 0.15) is 66.9 Å². The lowest BCUT2D eigenvalue weighted by atomic mass is 9.89. The predicted octanol–water partition coefficient (Wildman–Crippen LogP) is 9.62. The van der Waals surface area contributed by atoms with Crippen LogP contribution in [0.15, 0.2) is 164 Å². The van der Waals surface area contributed by atoms with Crippen molar-refractivity contribution in [2.24, 2.45) is 0 Å². The van der Waals surface area contributed by atoms with Crippen molar-refractivity contribution in [3.8, 4) is 28.0 Å². The van der Waals surface area contributed by atoms with Crippen molar-refractivity contribution >= 4 is 41.4 Å². The van der Waals surface area contributed by atoms with E-state index in [1.807, 2.05) is 115 Å². The Morgan fingerprint density at radius 2 is 1.21 bits per heavy atom. The molecule has 2 aliphatic heterocycles. The molecular weight excluding hydrogens is 924 g/mol. The normalized spacial score (nSPS) is 20.5. The molecule has 2 saturated heterocycles. The van der Waals surface area contributed by atoms with Crippen LogP contribution in [0, 0.1) is 5.82 Å². The highest BCUT2D eigenvalue weighted by Crippen LogP contribution is 2.43. The summed E-state index contributed by atoms with van der Waals surface area (Å²) in [6.45, 7) is 4.50. The molecule has 15 heteroatoms. The van der Waals surface area contributed by atoms with Crippen molar-refractivity contribution < 1.29 is 61.6 Å². The molecule has 368 valence electrons. The van der Waals surface area contributed by atoms with Gasteiger partial charge in [0.15, 0.2) is 24.1 Å². The highest BCUT2D eigenvalue weighted by molar-refractivity contribution is 6.05. The second kappa shape index (κ2) is 22.5. The maximum Gasteiger partial charge on any atom is 0.323 e. The van der Waals surface area contributed by atoms with Crippen molar-refractivity contribution in [1.82, 2.24) is 5.32 Å². The van der Waals surface area contributed by atoms with Crippen LogP contribution in [0.2, 0.25) is 0 Å². The summed E-state index contributed by atoms with van der Waals surface area (Å²) in [7, 11) is 0. The number of carbonyl (C=O) groups excluding carboxylic acids is 6. The van der Waals surface area contributed by atoms with Gasteiger partial charge in [-0.05, 0) is 81.9 Å². The molecular formula is C57H51FN2O12. The molecule has 6 aromatic rings. The van der Waals surface area contributed by atoms with Crippen molar-refractivity contribution in [3.63, 3.8) is 0 Å². The highest BCUT2D eigenvalue weighted by atomic mass is 19.1. The van der Waals surface area contributed by atoms with Gasteiger partial charge in [-0.3, -0.25) is 28.9 Å². The Bertz CT molecular complexity index is 2950. The van der Waals surface area contributed by atoms with Gasteiger partial charge in [0, 0.05) is 44.5 Å². The number of amides is 2. The predicted molar refractivity (Wildman–Crippen MR) is 263 cm³/mol. The summed E-state index contributed by atoms with van der Waals surface area (Å²) in [6, 6.07) is 43.1. The molecule has 1 N–H and O–H groups in total. The van der Waals surface area contributed by atoms with Crippen LogP contribution in [0.4, 0.5) is 14.9 Å². The van der Waals surface area contributed by atoms with Gasteiger partial charge in [-0.15, -0.1) is 0 Å². The number of benzene rings is 6. The molecule has 72 heavy (non-hydrogen) atoms. The minimum Gasteiger partial charge on any atom is -0.489 e. The van der Waals surface area contributed by atoms with Crippen LogP contribution in [0.5, 0.6) is 5.75 Å². The number of allylic oxidation sites excluding steroid dienone is 1. The number of halogens is 1. The minimum absolute atomic E-state index is 0.169. The molecule has 2 heterocycles. The largest absolute Gasteiger partial charge is 0.489 e. The van der Waals surface area contributed by atoms with Crippen LogP contribution >= 0.6 is 0 Å². The molecule has 1 unspecified atom stereocenters. The van der Waals surface area contributed by atoms with Crippen molar-refractivity contribution in [1.29, 1.82) is 0 Å². The van der Waals surface area contributed by atoms with Gasteiger partial charge in [0.05, 0.1) is 12.1 Å². The first kappa shape index (κ1) is 50.0. The lowest BCUT2D eigenvalue weighted by Crippen LogP contribution is -2.59. The summed E-state index contributed by atoms with van der Waals surface area (Å²) < 4.78 is 49.1. The van der Waals surface area contributed by atoms with Gasteiger partial charge in [-0.1, -0.05) is 115 Å². The van der Waals surface area contributed by atoms with E-state index in [2.05, 4.69) is 5.32 Å². The number of rotatable bonds is 16. The maximum atomic E-state index is 14.2. The number of hydrogen-bond acceptors (Lipinski definition) is 12. The number of urea groups is 1. The monoisotopic (exact) mass is 974 g/mol. The van der Waals surface area contributed by atoms with E-state index in [1.165, 1.54) is 44.2 Å². The van der Waals surface area contributed by atoms with E-state index in [-0.39, 0.29) is 24.6 Å². The average molecular weight is 975 g/mol. The van der Waals surface area contributed by atoms with Crippen molar-refractivity contribution in [3.05, 3.63) is 192 Å². The van der Waals surface area contributed by atoms with Gasteiger partial charge in [-0.2, -0.15) is 0 Å². The van der Waals surface area contributed by atoms with Gasteiger partial charge in [0.2, 0.25) is 0 Å². The summed E-state index contributed by atoms with van der Waals surface area (Å²) in [5, 5.41) is 3.07. The van der Waals surface area contributed by atoms with E-state index in [9.17, 15) is 33.2 Å². The van der Waals surface area contributed by atoms with Gasteiger partial charge in [0.25, 0.3) is 0 Å². The first-order valence-corrected chi connectivity index (χ1v) is 23.2. The quantitative estimate of drug-likeness (QED) is 0.0422. The van der Waals surface area contributed by atoms with Crippen LogP contribution in [0.3, 0.4) is 0 Å². The zero-order valence-corrected chi connectivity index (χ0v) is 39.8. The zero-order valence-electron chi connectivity index (χ0n) is 39.8. The van der Waals surface area contributed by atoms with E-state index in [0.29, 0.717) is 28.1 Å². The number of anilines is 1. The molecule has 0 saturated carbocycles. The summed E-state index contributed by atoms with van der Waals surface area (Å²) in [5.41, 5.74) is 6.25. The highest BCUT2D eigenvalue weighted by Gasteiger charge is 2.52. The van der Waals surface area contributed by atoms with Gasteiger partial charge in [-0.25, -0.2) is 9.18 Å². The first-order chi connectivity index (χ1) is 34.7. The number of carbonyl (C=O) groups is 6. The Hall–Kier alpha value is -8.43. The maximum absolute atomic E-state index is 14.2. The smallest absolute Gasteiger partial charge is 0.323 e. The van der Waals surface area contributed by atoms with Gasteiger partial charge < -0.3 is 33.7 Å². The molecule has 0 radical (unpaired) electrons. The molecule has 2 fully saturated rings. The van der Waals surface area contributed by atoms with E-state index in [1.54, 1.807) is 23.1 Å². The minimum atomic E-state index is -1.34. The number of nitrogens with one attached hydrogen (secondary N) is 1. The fraction of sp³-hybridized carbons (Fsp3) is 0.228. The van der Waals surface area contributed by atoms with Crippen LogP contribution < -0.4 is 15.0 Å². The standard InChI is InChI=1S/C57H51FN2O12/c1-34(61)67-33-51-54(69-35(2)62)56(71-37(4)64)55(70-36(3)63)53(72-51)43-17-15-41(16-18-43)44-23-28-47(50(31-44)68-32-38-11-7-5-8-12-38)52-48(29-30-49(65)42-19-24-45(58)25-20-42)59-57(66)60(52)46-26-21-40(22-27-46)39-13-9-6-10-14-39/h5-31,48,51-56H,32-33H2,1-4H3,(H,59,66)/b30-29+/t48-,51+,52+,53?,54+,55-,56-/m0/s1. The summed E-state index contributed by atoms with van der Waals surface area (Å²) in [5.74, 6) is -3.24. The third-order valence-corrected chi connectivity index (χ3v) is 12.1. The molecule has 8 rings (SSSR count). The zero-order chi connectivity index (χ0) is 50.9. The van der Waals surface area contributed by atoms with Crippen molar-refractivity contribution in [2.75, 3.05) is 11.5 Å². The molecule has 0 spiro atoms. The lowest BCUT2D eigenvalue weighted by Gasteiger charge is -2.44. The fourth-order valence-electron chi connectivity index (χ4n) is 8.87. The Morgan fingerprint density at radius 1 is 0.639 bits per heavy atom. The van der Waals surface area contributed by atoms with Crippen LogP contribution in [0.25, 0.3) is 22.3 Å². The Labute approximate surface area is 415 Å². The van der Waals surface area contributed by atoms with Gasteiger partial charge >= 0.3 is 29.9 Å². The second-order valence-corrected chi connectivity index (χ2v) is 17.2. The molecule has 0 aromatic heterocycles. The van der Waals surface area contributed by atoms with E-state index in [0.717, 1.165) is 36.1 Å².